The average molecular weight is 380 g/mol. The van der Waals surface area contributed by atoms with Gasteiger partial charge in [-0.25, -0.2) is 0 Å². The molecule has 3 aliphatic heterocycles. The maximum atomic E-state index is 2.42. The van der Waals surface area contributed by atoms with Crippen molar-refractivity contribution in [2.24, 2.45) is 0 Å². The third-order valence-corrected chi connectivity index (χ3v) is 12.7. The third-order valence-electron chi connectivity index (χ3n) is 2.62. The van der Waals surface area contributed by atoms with Crippen LogP contribution in [0, 0.1) is 0 Å². The summed E-state index contributed by atoms with van der Waals surface area (Å²) in [6, 6.07) is 4.81. The molecule has 16 heavy (non-hydrogen) atoms. The molecule has 0 aliphatic carbocycles. The van der Waals surface area contributed by atoms with Gasteiger partial charge in [-0.05, 0) is 0 Å². The number of benzene rings is 1. The Bertz CT molecular complexity index is 420. The summed E-state index contributed by atoms with van der Waals surface area (Å²) in [7, 11) is 0. The molecule has 2 atom stereocenters. The van der Waals surface area contributed by atoms with Gasteiger partial charge in [0.05, 0.1) is 0 Å². The summed E-state index contributed by atoms with van der Waals surface area (Å²) in [5.41, 5.74) is 0. The molecule has 0 fully saturated rings. The van der Waals surface area contributed by atoms with Gasteiger partial charge >= 0.3 is 119 Å². The van der Waals surface area contributed by atoms with E-state index in [0.717, 1.165) is 40.4 Å². The molecule has 3 aliphatic rings. The van der Waals surface area contributed by atoms with Crippen LogP contribution in [0.4, 0.5) is 0 Å². The van der Waals surface area contributed by atoms with Gasteiger partial charge in [-0.2, -0.15) is 0 Å². The first-order valence-corrected chi connectivity index (χ1v) is 11.4. The molecule has 0 saturated heterocycles. The van der Waals surface area contributed by atoms with E-state index >= 15 is 0 Å². The summed E-state index contributed by atoms with van der Waals surface area (Å²) in [4.78, 5) is 3.23. The topological polar surface area (TPSA) is 0 Å². The van der Waals surface area contributed by atoms with Crippen LogP contribution in [0.2, 0.25) is 10.6 Å². The molecule has 0 nitrogen and oxygen atoms in total. The van der Waals surface area contributed by atoms with Crippen molar-refractivity contribution in [1.29, 1.82) is 0 Å². The number of thioether (sulfide) groups is 2. The van der Waals surface area contributed by atoms with Crippen molar-refractivity contribution in [2.45, 2.75) is 44.8 Å². The monoisotopic (exact) mass is 382 g/mol. The van der Waals surface area contributed by atoms with Crippen molar-refractivity contribution in [3.05, 3.63) is 12.1 Å². The van der Waals surface area contributed by atoms with Crippen LogP contribution in [0.1, 0.15) is 13.8 Å². The molecule has 0 amide bonds. The Morgan fingerprint density at radius 1 is 1.06 bits per heavy atom. The zero-order valence-electron chi connectivity index (χ0n) is 9.36. The summed E-state index contributed by atoms with van der Waals surface area (Å²) in [6.07, 6.45) is 0. The van der Waals surface area contributed by atoms with Gasteiger partial charge in [0, 0.05) is 0 Å². The predicted molar refractivity (Wildman–Crippen MR) is 77.5 cm³/mol. The van der Waals surface area contributed by atoms with Crippen LogP contribution in [0.5, 0.6) is 0 Å². The van der Waals surface area contributed by atoms with Crippen molar-refractivity contribution in [1.82, 2.24) is 0 Å². The van der Waals surface area contributed by atoms with Gasteiger partial charge < -0.3 is 0 Å². The van der Waals surface area contributed by atoms with Gasteiger partial charge in [-0.3, -0.25) is 0 Å². The second-order valence-electron chi connectivity index (χ2n) is 4.20. The van der Waals surface area contributed by atoms with E-state index in [9.17, 15) is 0 Å². The van der Waals surface area contributed by atoms with E-state index in [2.05, 4.69) is 49.5 Å². The molecule has 0 radical (unpaired) electrons. The van der Waals surface area contributed by atoms with Crippen molar-refractivity contribution in [3.63, 3.8) is 0 Å². The molecule has 2 unspecified atom stereocenters. The molecule has 0 aromatic heterocycles. The Labute approximate surface area is 118 Å². The van der Waals surface area contributed by atoms with Gasteiger partial charge in [-0.1, -0.05) is 0 Å². The van der Waals surface area contributed by atoms with Crippen molar-refractivity contribution in [2.75, 3.05) is 0 Å². The number of rotatable bonds is 0. The molecule has 0 spiro atoms. The molecule has 1 aromatic rings. The fraction of sp³-hybridized carbons (Fsp3) is 0.500. The zero-order valence-corrected chi connectivity index (χ0v) is 14.4. The first-order chi connectivity index (χ1) is 7.74. The average Bonchev–Trinajstić information content (AvgIpc) is 2.24. The van der Waals surface area contributed by atoms with E-state index < -0.39 is 0 Å². The Hall–Kier alpha value is 0.959. The quantitative estimate of drug-likeness (QED) is 0.633. The van der Waals surface area contributed by atoms with Crippen LogP contribution in [0.25, 0.3) is 0 Å². The fourth-order valence-corrected chi connectivity index (χ4v) is 11.1. The third kappa shape index (κ3) is 2.25. The van der Waals surface area contributed by atoms with Crippen molar-refractivity contribution < 1.29 is 0 Å². The summed E-state index contributed by atoms with van der Waals surface area (Å²) >= 11 is 5.71. The van der Waals surface area contributed by atoms with E-state index in [1.54, 1.807) is 18.7 Å². The normalized spacial score (nSPS) is 28.4. The number of hydrogen-bond donors (Lipinski definition) is 0. The molecule has 4 rings (SSSR count). The first kappa shape index (κ1) is 12.0. The van der Waals surface area contributed by atoms with E-state index in [0.29, 0.717) is 0 Å². The van der Waals surface area contributed by atoms with Crippen LogP contribution < -0.4 is 8.92 Å². The standard InChI is InChI=1S/C12H14S2Se2/c1-7-5-15-10-4-3-9(13-7)11-12(10)16-6-8(2)14-11/h3-4,7-8H,5-6H2,1-2H3. The van der Waals surface area contributed by atoms with E-state index in [1.807, 2.05) is 0 Å². The molecule has 2 bridgehead atoms. The van der Waals surface area contributed by atoms with Crippen molar-refractivity contribution in [3.8, 4) is 0 Å². The molecule has 86 valence electrons. The minimum absolute atomic E-state index is 0.721. The van der Waals surface area contributed by atoms with Crippen molar-refractivity contribution >= 4 is 62.4 Å². The Balaban J connectivity index is 2.10. The molecule has 1 aromatic carbocycles. The van der Waals surface area contributed by atoms with Crippen LogP contribution in [-0.4, -0.2) is 40.4 Å². The van der Waals surface area contributed by atoms with E-state index in [4.69, 9.17) is 0 Å². The number of hydrogen-bond acceptors (Lipinski definition) is 2. The van der Waals surface area contributed by atoms with Gasteiger partial charge in [0.25, 0.3) is 0 Å². The Morgan fingerprint density at radius 2 is 1.81 bits per heavy atom. The van der Waals surface area contributed by atoms with Crippen LogP contribution in [-0.2, 0) is 0 Å². The fourth-order valence-electron chi connectivity index (χ4n) is 1.88. The molecule has 0 N–H and O–H groups in total. The van der Waals surface area contributed by atoms with Crippen LogP contribution >= 0.6 is 23.5 Å². The number of fused-ring (bicyclic) bond motifs is 4. The van der Waals surface area contributed by atoms with Crippen LogP contribution in [0.3, 0.4) is 0 Å². The maximum absolute atomic E-state index is 2.42. The Morgan fingerprint density at radius 3 is 2.69 bits per heavy atom. The van der Waals surface area contributed by atoms with Gasteiger partial charge in [0.15, 0.2) is 0 Å². The molecule has 4 heteroatoms. The van der Waals surface area contributed by atoms with E-state index in [1.165, 1.54) is 10.6 Å². The molecule has 3 heterocycles. The van der Waals surface area contributed by atoms with Gasteiger partial charge in [0.2, 0.25) is 0 Å². The summed E-state index contributed by atoms with van der Waals surface area (Å²) in [5, 5.41) is 4.49. The van der Waals surface area contributed by atoms with E-state index in [-0.39, 0.29) is 0 Å². The summed E-state index contributed by atoms with van der Waals surface area (Å²) in [6.45, 7) is 4.77. The van der Waals surface area contributed by atoms with Gasteiger partial charge in [-0.15, -0.1) is 0 Å². The second kappa shape index (κ2) is 4.91. The summed E-state index contributed by atoms with van der Waals surface area (Å²) in [5.74, 6) is 0. The predicted octanol–water partition coefficient (Wildman–Crippen LogP) is 2.17. The first-order valence-electron chi connectivity index (χ1n) is 5.50. The molecular weight excluding hydrogens is 366 g/mol. The SMILES string of the molecule is CC1C[Se]c2ccc(c3c2[Se]CC(C)S3)S1. The minimum atomic E-state index is 0.721. The summed E-state index contributed by atoms with van der Waals surface area (Å²) < 4.78 is 3.49. The molecular formula is C12H14S2Se2. The second-order valence-corrected chi connectivity index (χ2v) is 11.5. The Kier molecular flexibility index (Phi) is 3.69. The van der Waals surface area contributed by atoms with Gasteiger partial charge in [0.1, 0.15) is 0 Å². The zero-order chi connectivity index (χ0) is 11.1. The molecule has 0 saturated carbocycles. The van der Waals surface area contributed by atoms with Crippen LogP contribution in [0.15, 0.2) is 21.9 Å².